The number of carbonyl (C=O) groups is 1. The first-order valence-corrected chi connectivity index (χ1v) is 8.05. The zero-order valence-corrected chi connectivity index (χ0v) is 13.3. The quantitative estimate of drug-likeness (QED) is 0.841. The van der Waals surface area contributed by atoms with Crippen molar-refractivity contribution < 1.29 is 18.0 Å². The lowest BCUT2D eigenvalue weighted by molar-refractivity contribution is -0.137. The van der Waals surface area contributed by atoms with Crippen LogP contribution in [0.3, 0.4) is 0 Å². The summed E-state index contributed by atoms with van der Waals surface area (Å²) in [7, 11) is 0. The molecule has 0 saturated carbocycles. The highest BCUT2D eigenvalue weighted by Crippen LogP contribution is 2.38. The second-order valence-corrected chi connectivity index (χ2v) is 6.76. The number of hydrogen-bond acceptors (Lipinski definition) is 2. The van der Waals surface area contributed by atoms with E-state index in [1.165, 1.54) is 12.1 Å². The smallest absolute Gasteiger partial charge is 0.295 e. The van der Waals surface area contributed by atoms with Gasteiger partial charge in [0.15, 0.2) is 0 Å². The molecule has 0 bridgehead atoms. The average Bonchev–Trinajstić information content (AvgIpc) is 3.02. The highest BCUT2D eigenvalue weighted by Gasteiger charge is 2.48. The molecule has 0 N–H and O–H groups in total. The Morgan fingerprint density at radius 3 is 2.43 bits per heavy atom. The zero-order chi connectivity index (χ0) is 16.8. The molecule has 1 aromatic rings. The van der Waals surface area contributed by atoms with E-state index in [4.69, 9.17) is 0 Å². The summed E-state index contributed by atoms with van der Waals surface area (Å²) >= 11 is 0. The Morgan fingerprint density at radius 1 is 1.22 bits per heavy atom. The highest BCUT2D eigenvalue weighted by molar-refractivity contribution is 6.00. The van der Waals surface area contributed by atoms with Crippen LogP contribution in [-0.2, 0) is 11.0 Å². The van der Waals surface area contributed by atoms with Crippen LogP contribution in [0.4, 0.5) is 18.9 Å². The van der Waals surface area contributed by atoms with Gasteiger partial charge in [-0.15, -0.1) is 0 Å². The van der Waals surface area contributed by atoms with Gasteiger partial charge in [-0.25, -0.2) is 0 Å². The lowest BCUT2D eigenvalue weighted by Gasteiger charge is -2.30. The van der Waals surface area contributed by atoms with Gasteiger partial charge in [0.25, 0.3) is 0 Å². The largest absolute Gasteiger partial charge is 0.416 e. The molecule has 2 aliphatic rings. The summed E-state index contributed by atoms with van der Waals surface area (Å²) in [6.45, 7) is 5.07. The number of fused-ring (bicyclic) bond motifs is 1. The van der Waals surface area contributed by atoms with Gasteiger partial charge in [-0.3, -0.25) is 14.6 Å². The number of alkyl halides is 3. The molecule has 6 heteroatoms. The first-order chi connectivity index (χ1) is 10.8. The third-order valence-electron chi connectivity index (χ3n) is 4.65. The summed E-state index contributed by atoms with van der Waals surface area (Å²) in [5.41, 5.74) is -0.128. The van der Waals surface area contributed by atoms with Gasteiger partial charge in [0.1, 0.15) is 0 Å². The SMILES string of the molecule is CC(C)C[C@@H]1N(c2ccc(C(F)(F)F)cc2)C(=O)[C@@H]2CCCN12. The van der Waals surface area contributed by atoms with Gasteiger partial charge in [-0.2, -0.15) is 13.2 Å². The van der Waals surface area contributed by atoms with Crippen molar-refractivity contribution in [3.8, 4) is 0 Å². The van der Waals surface area contributed by atoms with Crippen molar-refractivity contribution >= 4 is 11.6 Å². The standard InChI is InChI=1S/C17H21F3N2O/c1-11(2)10-15-21-9-3-4-14(21)16(23)22(15)13-7-5-12(6-8-13)17(18,19)20/h5-8,11,14-15H,3-4,9-10H2,1-2H3/t14-,15-/m0/s1. The Labute approximate surface area is 134 Å². The van der Waals surface area contributed by atoms with E-state index in [0.717, 1.165) is 37.9 Å². The molecule has 2 fully saturated rings. The zero-order valence-electron chi connectivity index (χ0n) is 13.3. The fraction of sp³-hybridized carbons (Fsp3) is 0.588. The van der Waals surface area contributed by atoms with E-state index in [9.17, 15) is 18.0 Å². The maximum atomic E-state index is 12.7. The number of carbonyl (C=O) groups excluding carboxylic acids is 1. The van der Waals surface area contributed by atoms with Gasteiger partial charge < -0.3 is 0 Å². The molecule has 2 atom stereocenters. The summed E-state index contributed by atoms with van der Waals surface area (Å²) in [6, 6.07) is 4.82. The van der Waals surface area contributed by atoms with Gasteiger partial charge in [-0.1, -0.05) is 13.8 Å². The molecule has 0 radical (unpaired) electrons. The molecular formula is C17H21F3N2O. The van der Waals surface area contributed by atoms with Crippen molar-refractivity contribution in [3.63, 3.8) is 0 Å². The maximum absolute atomic E-state index is 12.7. The van der Waals surface area contributed by atoms with Gasteiger partial charge in [0.2, 0.25) is 5.91 Å². The van der Waals surface area contributed by atoms with E-state index in [0.29, 0.717) is 11.6 Å². The summed E-state index contributed by atoms with van der Waals surface area (Å²) in [4.78, 5) is 16.6. The van der Waals surface area contributed by atoms with Crippen molar-refractivity contribution in [1.29, 1.82) is 0 Å². The monoisotopic (exact) mass is 326 g/mol. The molecule has 2 aliphatic heterocycles. The molecular weight excluding hydrogens is 305 g/mol. The Kier molecular flexibility index (Phi) is 4.12. The Morgan fingerprint density at radius 2 is 1.87 bits per heavy atom. The molecule has 3 rings (SSSR count). The summed E-state index contributed by atoms with van der Waals surface area (Å²) in [5, 5.41) is 0. The third-order valence-corrected chi connectivity index (χ3v) is 4.65. The van der Waals surface area contributed by atoms with Crippen molar-refractivity contribution in [1.82, 2.24) is 4.90 Å². The predicted molar refractivity (Wildman–Crippen MR) is 81.9 cm³/mol. The van der Waals surface area contributed by atoms with Crippen molar-refractivity contribution in [2.75, 3.05) is 11.4 Å². The molecule has 1 amide bonds. The molecule has 0 unspecified atom stereocenters. The van der Waals surface area contributed by atoms with E-state index in [2.05, 4.69) is 18.7 Å². The second kappa shape index (κ2) is 5.82. The first-order valence-electron chi connectivity index (χ1n) is 8.05. The van der Waals surface area contributed by atoms with Crippen molar-refractivity contribution in [3.05, 3.63) is 29.8 Å². The number of rotatable bonds is 3. The van der Waals surface area contributed by atoms with Crippen LogP contribution in [0.1, 0.15) is 38.7 Å². The molecule has 1 aromatic carbocycles. The topological polar surface area (TPSA) is 23.6 Å². The van der Waals surface area contributed by atoms with Crippen LogP contribution in [0.25, 0.3) is 0 Å². The van der Waals surface area contributed by atoms with Crippen LogP contribution >= 0.6 is 0 Å². The molecule has 0 spiro atoms. The lowest BCUT2D eigenvalue weighted by Crippen LogP contribution is -2.40. The van der Waals surface area contributed by atoms with Gasteiger partial charge in [-0.05, 0) is 49.4 Å². The van der Waals surface area contributed by atoms with Crippen LogP contribution < -0.4 is 4.90 Å². The number of amides is 1. The first kappa shape index (κ1) is 16.3. The van der Waals surface area contributed by atoms with Crippen LogP contribution in [0.5, 0.6) is 0 Å². The van der Waals surface area contributed by atoms with Crippen molar-refractivity contribution in [2.45, 2.75) is 51.5 Å². The van der Waals surface area contributed by atoms with E-state index in [1.807, 2.05) is 0 Å². The van der Waals surface area contributed by atoms with Crippen molar-refractivity contribution in [2.24, 2.45) is 5.92 Å². The van der Waals surface area contributed by atoms with E-state index in [1.54, 1.807) is 4.90 Å². The summed E-state index contributed by atoms with van der Waals surface area (Å²) in [5.74, 6) is 0.428. The minimum absolute atomic E-state index is 0.0212. The van der Waals surface area contributed by atoms with Gasteiger partial charge in [0, 0.05) is 12.2 Å². The molecule has 0 aromatic heterocycles. The van der Waals surface area contributed by atoms with Crippen LogP contribution in [0, 0.1) is 5.92 Å². The molecule has 23 heavy (non-hydrogen) atoms. The summed E-state index contributed by atoms with van der Waals surface area (Å²) < 4.78 is 38.2. The second-order valence-electron chi connectivity index (χ2n) is 6.76. The minimum atomic E-state index is -4.36. The Bertz CT molecular complexity index is 582. The number of hydrogen-bond donors (Lipinski definition) is 0. The molecule has 2 heterocycles. The Hall–Kier alpha value is -1.56. The number of nitrogens with zero attached hydrogens (tertiary/aromatic N) is 2. The van der Waals surface area contributed by atoms with E-state index < -0.39 is 11.7 Å². The molecule has 126 valence electrons. The third kappa shape index (κ3) is 2.96. The highest BCUT2D eigenvalue weighted by atomic mass is 19.4. The van der Waals surface area contributed by atoms with Gasteiger partial charge >= 0.3 is 6.18 Å². The van der Waals surface area contributed by atoms with E-state index in [-0.39, 0.29) is 18.1 Å². The molecule has 0 aliphatic carbocycles. The molecule has 3 nitrogen and oxygen atoms in total. The number of benzene rings is 1. The fourth-order valence-corrected chi connectivity index (χ4v) is 3.64. The lowest BCUT2D eigenvalue weighted by atomic mass is 10.1. The van der Waals surface area contributed by atoms with Crippen LogP contribution in [-0.4, -0.2) is 29.6 Å². The van der Waals surface area contributed by atoms with Crippen LogP contribution in [0.2, 0.25) is 0 Å². The van der Waals surface area contributed by atoms with E-state index >= 15 is 0 Å². The minimum Gasteiger partial charge on any atom is -0.295 e. The summed E-state index contributed by atoms with van der Waals surface area (Å²) in [6.07, 6.45) is -1.74. The maximum Gasteiger partial charge on any atom is 0.416 e. The molecule has 2 saturated heterocycles. The predicted octanol–water partition coefficient (Wildman–Crippen LogP) is 3.89. The Balaban J connectivity index is 1.91. The number of halogens is 3. The fourth-order valence-electron chi connectivity index (χ4n) is 3.64. The number of anilines is 1. The average molecular weight is 326 g/mol. The van der Waals surface area contributed by atoms with Gasteiger partial charge in [0.05, 0.1) is 17.8 Å². The van der Waals surface area contributed by atoms with Crippen LogP contribution in [0.15, 0.2) is 24.3 Å². The normalized spacial score (nSPS) is 25.5.